The van der Waals surface area contributed by atoms with Gasteiger partial charge in [0, 0.05) is 26.4 Å². The summed E-state index contributed by atoms with van der Waals surface area (Å²) in [5.74, 6) is 0. The maximum Gasteiger partial charge on any atom is 0.679 e. The van der Waals surface area contributed by atoms with Gasteiger partial charge in [0.2, 0.25) is 0 Å². The molecule has 0 aromatic heterocycles. The van der Waals surface area contributed by atoms with Crippen LogP contribution >= 0.6 is 0 Å². The second-order valence-electron chi connectivity index (χ2n) is 7.54. The van der Waals surface area contributed by atoms with Gasteiger partial charge in [0.1, 0.15) is 0 Å². The summed E-state index contributed by atoms with van der Waals surface area (Å²) in [5, 5.41) is 0. The summed E-state index contributed by atoms with van der Waals surface area (Å²) in [6.45, 7) is 21.2. The third-order valence-electron chi connectivity index (χ3n) is 4.39. The van der Waals surface area contributed by atoms with Crippen LogP contribution in [0.4, 0.5) is 0 Å². The third-order valence-corrected chi connectivity index (χ3v) is 10.4. The number of hydrogen-bond donors (Lipinski definition) is 0. The van der Waals surface area contributed by atoms with E-state index in [0.29, 0.717) is 52.9 Å². The van der Waals surface area contributed by atoms with Gasteiger partial charge in [-0.15, -0.1) is 0 Å². The van der Waals surface area contributed by atoms with Gasteiger partial charge in [-0.3, -0.25) is 0 Å². The van der Waals surface area contributed by atoms with Crippen LogP contribution in [0, 0.1) is 0 Å². The van der Waals surface area contributed by atoms with Gasteiger partial charge >= 0.3 is 146 Å². The second-order valence-corrected chi connectivity index (χ2v) is 13.1. The monoisotopic (exact) mass is 548 g/mol. The Balaban J connectivity index is 0. The van der Waals surface area contributed by atoms with Crippen molar-refractivity contribution >= 4 is 9.05 Å². The molecule has 0 amide bonds. The molecule has 0 aromatic rings. The molecule has 0 fully saturated rings. The Kier molecular flexibility index (Phi) is 28.8. The SMILES string of the molecule is CCCC[O][Ti]([O]CCCC)([O]CCCC)[O]CCCC.CCO[Si](OCC)(OCC)OCC. The van der Waals surface area contributed by atoms with Crippen molar-refractivity contribution in [3.63, 3.8) is 0 Å². The summed E-state index contributed by atoms with van der Waals surface area (Å²) in [6, 6.07) is 0. The Hall–Kier alpha value is 0.611. The molecule has 10 heteroatoms. The van der Waals surface area contributed by atoms with Gasteiger partial charge in [0.25, 0.3) is 0 Å². The van der Waals surface area contributed by atoms with Crippen LogP contribution in [0.15, 0.2) is 0 Å². The van der Waals surface area contributed by atoms with Crippen molar-refractivity contribution < 1.29 is 49.1 Å². The summed E-state index contributed by atoms with van der Waals surface area (Å²) in [7, 11) is -2.80. The minimum atomic E-state index is -3.52. The van der Waals surface area contributed by atoms with E-state index in [9.17, 15) is 0 Å². The number of hydrogen-bond acceptors (Lipinski definition) is 8. The fourth-order valence-corrected chi connectivity index (χ4v) is 7.73. The molecule has 0 saturated carbocycles. The Labute approximate surface area is 217 Å². The van der Waals surface area contributed by atoms with Gasteiger partial charge in [-0.1, -0.05) is 0 Å². The summed E-state index contributed by atoms with van der Waals surface area (Å²) in [6.07, 6.45) is 8.54. The molecule has 208 valence electrons. The van der Waals surface area contributed by atoms with Gasteiger partial charge in [-0.05, 0) is 27.7 Å². The molecule has 8 nitrogen and oxygen atoms in total. The zero-order chi connectivity index (χ0) is 26.0. The summed E-state index contributed by atoms with van der Waals surface area (Å²) in [4.78, 5) is 0. The first-order valence-electron chi connectivity index (χ1n) is 13.6. The smallest absolute Gasteiger partial charge is 0.351 e. The molecule has 0 aliphatic heterocycles. The topological polar surface area (TPSA) is 73.8 Å². The molecule has 0 aliphatic rings. The van der Waals surface area contributed by atoms with E-state index in [2.05, 4.69) is 27.7 Å². The molecule has 0 rings (SSSR count). The molecular weight excluding hydrogens is 492 g/mol. The quantitative estimate of drug-likeness (QED) is 0.0982. The van der Waals surface area contributed by atoms with Crippen molar-refractivity contribution in [2.24, 2.45) is 0 Å². The van der Waals surface area contributed by atoms with E-state index >= 15 is 0 Å². The first-order chi connectivity index (χ1) is 16.5. The molecule has 0 unspecified atom stereocenters. The summed E-state index contributed by atoms with van der Waals surface area (Å²) < 4.78 is 45.8. The molecule has 34 heavy (non-hydrogen) atoms. The number of rotatable bonds is 24. The van der Waals surface area contributed by atoms with Gasteiger partial charge in [0.15, 0.2) is 0 Å². The minimum absolute atomic E-state index is 0.548. The maximum absolute atomic E-state index is 6.03. The molecule has 0 aliphatic carbocycles. The number of unbranched alkanes of at least 4 members (excludes halogenated alkanes) is 4. The Morgan fingerprint density at radius 2 is 0.647 bits per heavy atom. The van der Waals surface area contributed by atoms with Crippen LogP contribution in [-0.4, -0.2) is 61.9 Å². The second kappa shape index (κ2) is 26.7. The van der Waals surface area contributed by atoms with Crippen molar-refractivity contribution in [2.45, 2.75) is 107 Å². The maximum atomic E-state index is 6.03. The average molecular weight is 549 g/mol. The standard InChI is InChI=1S/C8H20O4Si.4C4H9O.Ti/c1-5-9-13(10-6-2,11-7-3)12-8-4;4*1-2-3-4-5;/h5-8H2,1-4H3;4*2-4H2,1H3;/q;4*-1;+4. The van der Waals surface area contributed by atoms with Crippen LogP contribution in [-0.2, 0) is 49.1 Å². The van der Waals surface area contributed by atoms with E-state index < -0.39 is 27.2 Å². The van der Waals surface area contributed by atoms with Crippen LogP contribution in [0.5, 0.6) is 0 Å². The van der Waals surface area contributed by atoms with E-state index in [1.807, 2.05) is 27.7 Å². The zero-order valence-electron chi connectivity index (χ0n) is 23.6. The average Bonchev–Trinajstić information content (AvgIpc) is 2.81. The fourth-order valence-electron chi connectivity index (χ4n) is 2.57. The largest absolute Gasteiger partial charge is 0.679 e. The van der Waals surface area contributed by atoms with Crippen molar-refractivity contribution in [2.75, 3.05) is 52.9 Å². The van der Waals surface area contributed by atoms with Gasteiger partial charge in [-0.2, -0.15) is 0 Å². The molecule has 0 saturated heterocycles. The van der Waals surface area contributed by atoms with Crippen molar-refractivity contribution in [3.8, 4) is 0 Å². The molecule has 0 spiro atoms. The third kappa shape index (κ3) is 19.8. The van der Waals surface area contributed by atoms with Gasteiger partial charge in [0.05, 0.1) is 0 Å². The van der Waals surface area contributed by atoms with Gasteiger partial charge < -0.3 is 17.7 Å². The summed E-state index contributed by atoms with van der Waals surface area (Å²) in [5.41, 5.74) is 0. The van der Waals surface area contributed by atoms with Crippen molar-refractivity contribution in [1.82, 2.24) is 0 Å². The first kappa shape index (κ1) is 36.8. The molecular formula is C24H56O8SiTi. The van der Waals surface area contributed by atoms with E-state index in [0.717, 1.165) is 51.4 Å². The molecule has 0 aromatic carbocycles. The normalized spacial score (nSPS) is 12.0. The zero-order valence-corrected chi connectivity index (χ0v) is 26.1. The molecule has 0 atom stereocenters. The Bertz CT molecular complexity index is 332. The van der Waals surface area contributed by atoms with E-state index in [1.165, 1.54) is 0 Å². The summed E-state index contributed by atoms with van der Waals surface area (Å²) >= 11 is -3.52. The predicted octanol–water partition coefficient (Wildman–Crippen LogP) is 6.64. The van der Waals surface area contributed by atoms with E-state index in [1.54, 1.807) is 0 Å². The fraction of sp³-hybridized carbons (Fsp3) is 1.00. The van der Waals surface area contributed by atoms with Crippen molar-refractivity contribution in [1.29, 1.82) is 0 Å². The van der Waals surface area contributed by atoms with Crippen LogP contribution in [0.2, 0.25) is 0 Å². The van der Waals surface area contributed by atoms with E-state index in [-0.39, 0.29) is 0 Å². The molecule has 0 radical (unpaired) electrons. The first-order valence-corrected chi connectivity index (χ1v) is 17.8. The minimum Gasteiger partial charge on any atom is -0.351 e. The molecule has 0 heterocycles. The van der Waals surface area contributed by atoms with Crippen molar-refractivity contribution in [3.05, 3.63) is 0 Å². The molecule has 0 bridgehead atoms. The van der Waals surface area contributed by atoms with Crippen LogP contribution in [0.25, 0.3) is 0 Å². The van der Waals surface area contributed by atoms with Crippen LogP contribution in [0.1, 0.15) is 107 Å². The Morgan fingerprint density at radius 1 is 0.412 bits per heavy atom. The van der Waals surface area contributed by atoms with Gasteiger partial charge in [-0.25, -0.2) is 0 Å². The predicted molar refractivity (Wildman–Crippen MR) is 136 cm³/mol. The molecule has 0 N–H and O–H groups in total. The Morgan fingerprint density at radius 3 is 0.824 bits per heavy atom. The van der Waals surface area contributed by atoms with Crippen LogP contribution < -0.4 is 0 Å². The van der Waals surface area contributed by atoms with Crippen LogP contribution in [0.3, 0.4) is 0 Å². The van der Waals surface area contributed by atoms with E-state index in [4.69, 9.17) is 31.0 Å².